The largest absolute Gasteiger partial charge is 0.359 e. The van der Waals surface area contributed by atoms with Crippen molar-refractivity contribution in [3.8, 4) is 0 Å². The van der Waals surface area contributed by atoms with E-state index in [1.54, 1.807) is 7.05 Å². The number of rotatable bonds is 3. The molecule has 1 amide bonds. The summed E-state index contributed by atoms with van der Waals surface area (Å²) in [4.78, 5) is 10.5. The number of carbonyl (C=O) groups excluding carboxylic acids is 1. The number of carbonyl (C=O) groups is 1. The Morgan fingerprint density at radius 3 is 2.30 bits per heavy atom. The van der Waals surface area contributed by atoms with E-state index in [0.717, 1.165) is 12.8 Å². The molecule has 0 bridgehead atoms. The van der Waals surface area contributed by atoms with Gasteiger partial charge in [0.1, 0.15) is 0 Å². The second-order valence-corrected chi connectivity index (χ2v) is 1.78. The Bertz CT molecular complexity index is 76.5. The van der Waals surface area contributed by atoms with E-state index in [9.17, 15) is 4.79 Å². The van der Waals surface area contributed by atoms with Crippen LogP contribution in [0.5, 0.6) is 0 Å². The smallest absolute Gasteiger partial charge is 0.219 e. The first-order valence-corrected chi connectivity index (χ1v) is 4.01. The van der Waals surface area contributed by atoms with Gasteiger partial charge in [-0.3, -0.25) is 4.79 Å². The maximum absolute atomic E-state index is 10.5. The Morgan fingerprint density at radius 2 is 2.00 bits per heavy atom. The van der Waals surface area contributed by atoms with Crippen molar-refractivity contribution in [2.45, 2.75) is 40.0 Å². The van der Waals surface area contributed by atoms with Gasteiger partial charge in [-0.05, 0) is 6.42 Å². The summed E-state index contributed by atoms with van der Waals surface area (Å²) in [6.45, 7) is 6.07. The highest BCUT2D eigenvalue weighted by Gasteiger charge is 1.92. The average molecular weight is 147 g/mol. The molecule has 0 aliphatic carbocycles. The Kier molecular flexibility index (Phi) is 13.7. The minimum atomic E-state index is 0. The standard InChI is InChI=1S/C6H13NO.C2H6.H2/c1-3-4-5-6(8)7-2;1-2;/h3-5H2,1-2H3,(H,7,8);1-2H3;1H. The molecule has 0 aliphatic heterocycles. The first-order chi connectivity index (χ1) is 4.81. The fraction of sp³-hybridized carbons (Fsp3) is 0.875. The summed E-state index contributed by atoms with van der Waals surface area (Å²) in [6.07, 6.45) is 2.76. The van der Waals surface area contributed by atoms with E-state index in [2.05, 4.69) is 12.2 Å². The lowest BCUT2D eigenvalue weighted by atomic mass is 10.2. The van der Waals surface area contributed by atoms with Crippen LogP contribution >= 0.6 is 0 Å². The molecule has 1 N–H and O–H groups in total. The predicted octanol–water partition coefficient (Wildman–Crippen LogP) is 2.19. The van der Waals surface area contributed by atoms with Gasteiger partial charge in [0.15, 0.2) is 0 Å². The van der Waals surface area contributed by atoms with Gasteiger partial charge in [0.2, 0.25) is 5.91 Å². The van der Waals surface area contributed by atoms with Gasteiger partial charge in [0.05, 0.1) is 0 Å². The van der Waals surface area contributed by atoms with Crippen LogP contribution in [0.15, 0.2) is 0 Å². The van der Waals surface area contributed by atoms with Crippen molar-refractivity contribution in [3.05, 3.63) is 0 Å². The Labute approximate surface area is 65.5 Å². The van der Waals surface area contributed by atoms with Crippen LogP contribution in [-0.2, 0) is 4.79 Å². The van der Waals surface area contributed by atoms with Gasteiger partial charge in [-0.2, -0.15) is 0 Å². The SMILES string of the molecule is CC.CCCCC(=O)NC.[HH]. The Morgan fingerprint density at radius 1 is 1.50 bits per heavy atom. The third kappa shape index (κ3) is 10.5. The van der Waals surface area contributed by atoms with Crippen LogP contribution < -0.4 is 5.32 Å². The van der Waals surface area contributed by atoms with E-state index in [4.69, 9.17) is 0 Å². The van der Waals surface area contributed by atoms with E-state index in [-0.39, 0.29) is 7.33 Å². The second-order valence-electron chi connectivity index (χ2n) is 1.78. The molecule has 0 spiro atoms. The van der Waals surface area contributed by atoms with Crippen LogP contribution in [-0.4, -0.2) is 13.0 Å². The normalized spacial score (nSPS) is 7.60. The van der Waals surface area contributed by atoms with Crippen molar-refractivity contribution >= 4 is 5.91 Å². The average Bonchev–Trinajstić information content (AvgIpc) is 2.04. The van der Waals surface area contributed by atoms with Gasteiger partial charge >= 0.3 is 0 Å². The van der Waals surface area contributed by atoms with Crippen LogP contribution in [0.4, 0.5) is 0 Å². The zero-order valence-corrected chi connectivity index (χ0v) is 7.53. The van der Waals surface area contributed by atoms with Crippen molar-refractivity contribution in [1.82, 2.24) is 5.32 Å². The maximum Gasteiger partial charge on any atom is 0.219 e. The van der Waals surface area contributed by atoms with Crippen LogP contribution in [0.2, 0.25) is 0 Å². The monoisotopic (exact) mass is 147 g/mol. The molecule has 0 heterocycles. The maximum atomic E-state index is 10.5. The molecule has 10 heavy (non-hydrogen) atoms. The third-order valence-corrected chi connectivity index (χ3v) is 1.04. The lowest BCUT2D eigenvalue weighted by Crippen LogP contribution is -2.16. The molecule has 0 fully saturated rings. The fourth-order valence-corrected chi connectivity index (χ4v) is 0.462. The highest BCUT2D eigenvalue weighted by atomic mass is 16.1. The lowest BCUT2D eigenvalue weighted by Gasteiger charge is -1.94. The highest BCUT2D eigenvalue weighted by molar-refractivity contribution is 5.75. The fourth-order valence-electron chi connectivity index (χ4n) is 0.462. The summed E-state index contributed by atoms with van der Waals surface area (Å²) in [7, 11) is 1.66. The molecule has 0 atom stereocenters. The lowest BCUT2D eigenvalue weighted by molar-refractivity contribution is -0.120. The topological polar surface area (TPSA) is 29.1 Å². The summed E-state index contributed by atoms with van der Waals surface area (Å²) < 4.78 is 0. The second kappa shape index (κ2) is 11.3. The zero-order valence-electron chi connectivity index (χ0n) is 7.53. The Balaban J connectivity index is -0.000000196. The van der Waals surface area contributed by atoms with Gasteiger partial charge in [0, 0.05) is 14.9 Å². The molecule has 64 valence electrons. The molecule has 2 heteroatoms. The number of hydrogen-bond donors (Lipinski definition) is 1. The molecule has 0 saturated heterocycles. The molecule has 2 nitrogen and oxygen atoms in total. The van der Waals surface area contributed by atoms with Crippen molar-refractivity contribution in [2.24, 2.45) is 0 Å². The van der Waals surface area contributed by atoms with Gasteiger partial charge in [-0.25, -0.2) is 0 Å². The van der Waals surface area contributed by atoms with Crippen LogP contribution in [0.25, 0.3) is 0 Å². The summed E-state index contributed by atoms with van der Waals surface area (Å²) in [5.74, 6) is 0.145. The zero-order chi connectivity index (χ0) is 8.41. The van der Waals surface area contributed by atoms with Crippen LogP contribution in [0, 0.1) is 0 Å². The minimum Gasteiger partial charge on any atom is -0.359 e. The summed E-state index contributed by atoms with van der Waals surface area (Å²) in [5, 5.41) is 2.56. The van der Waals surface area contributed by atoms with E-state index in [1.807, 2.05) is 13.8 Å². The van der Waals surface area contributed by atoms with Gasteiger partial charge in [0.25, 0.3) is 0 Å². The van der Waals surface area contributed by atoms with E-state index in [1.165, 1.54) is 0 Å². The summed E-state index contributed by atoms with van der Waals surface area (Å²) in [5.41, 5.74) is 0. The molecule has 0 aromatic rings. The molecule has 0 aromatic heterocycles. The first-order valence-electron chi connectivity index (χ1n) is 4.01. The summed E-state index contributed by atoms with van der Waals surface area (Å²) >= 11 is 0. The summed E-state index contributed by atoms with van der Waals surface area (Å²) in [6, 6.07) is 0. The molecule has 0 aliphatic rings. The van der Waals surface area contributed by atoms with Crippen molar-refractivity contribution in [1.29, 1.82) is 0 Å². The van der Waals surface area contributed by atoms with Gasteiger partial charge in [-0.15, -0.1) is 0 Å². The van der Waals surface area contributed by atoms with Crippen molar-refractivity contribution < 1.29 is 6.22 Å². The van der Waals surface area contributed by atoms with Crippen LogP contribution in [0.3, 0.4) is 0 Å². The number of amides is 1. The van der Waals surface area contributed by atoms with E-state index < -0.39 is 0 Å². The minimum absolute atomic E-state index is 0. The van der Waals surface area contributed by atoms with Crippen molar-refractivity contribution in [3.63, 3.8) is 0 Å². The third-order valence-electron chi connectivity index (χ3n) is 1.04. The number of hydrogen-bond acceptors (Lipinski definition) is 1. The molecular formula is C8H21NO. The van der Waals surface area contributed by atoms with Gasteiger partial charge in [-0.1, -0.05) is 27.2 Å². The van der Waals surface area contributed by atoms with E-state index >= 15 is 0 Å². The highest BCUT2D eigenvalue weighted by Crippen LogP contribution is 1.91. The number of nitrogens with one attached hydrogen (secondary N) is 1. The molecule has 0 aromatic carbocycles. The molecule has 0 saturated carbocycles. The Hall–Kier alpha value is -0.530. The molecule has 0 rings (SSSR count). The molecule has 0 radical (unpaired) electrons. The first kappa shape index (κ1) is 12.2. The number of unbranched alkanes of at least 4 members (excludes halogenated alkanes) is 1. The van der Waals surface area contributed by atoms with Crippen LogP contribution in [0.1, 0.15) is 41.5 Å². The van der Waals surface area contributed by atoms with Crippen molar-refractivity contribution in [2.75, 3.05) is 7.05 Å². The predicted molar refractivity (Wildman–Crippen MR) is 47.1 cm³/mol. The quantitative estimate of drug-likeness (QED) is 0.651. The molecular weight excluding hydrogens is 126 g/mol. The van der Waals surface area contributed by atoms with E-state index in [0.29, 0.717) is 6.42 Å². The van der Waals surface area contributed by atoms with Gasteiger partial charge < -0.3 is 5.32 Å². The molecule has 0 unspecified atom stereocenters.